The van der Waals surface area contributed by atoms with Crippen LogP contribution < -0.4 is 0 Å². The second-order valence-electron chi connectivity index (χ2n) is 5.07. The minimum atomic E-state index is 1.10. The molecule has 0 nitrogen and oxygen atoms in total. The van der Waals surface area contributed by atoms with Crippen molar-refractivity contribution in [3.05, 3.63) is 64.3 Å². The van der Waals surface area contributed by atoms with Crippen molar-refractivity contribution in [2.45, 2.75) is 47.5 Å². The number of rotatable bonds is 5. The predicted octanol–water partition coefficient (Wildman–Crippen LogP) is 5.74. The van der Waals surface area contributed by atoms with Crippen LogP contribution in [0.5, 0.6) is 0 Å². The third-order valence-electron chi connectivity index (χ3n) is 3.86. The summed E-state index contributed by atoms with van der Waals surface area (Å²) in [6, 6.07) is 6.80. The van der Waals surface area contributed by atoms with E-state index < -0.39 is 0 Å². The largest absolute Gasteiger partial charge is 0.0988 e. The van der Waals surface area contributed by atoms with E-state index in [1.54, 1.807) is 0 Å². The lowest BCUT2D eigenvalue weighted by molar-refractivity contribution is 1.04. The highest BCUT2D eigenvalue weighted by Gasteiger charge is 2.01. The Bertz CT molecular complexity index is 513. The average molecular weight is 254 g/mol. The fourth-order valence-electron chi connectivity index (χ4n) is 2.23. The van der Waals surface area contributed by atoms with Gasteiger partial charge in [0.25, 0.3) is 0 Å². The van der Waals surface area contributed by atoms with Gasteiger partial charge in [0.2, 0.25) is 0 Å². The number of hydrogen-bond acceptors (Lipinski definition) is 0. The molecule has 0 heterocycles. The van der Waals surface area contributed by atoms with Gasteiger partial charge in [0, 0.05) is 0 Å². The van der Waals surface area contributed by atoms with Gasteiger partial charge in [-0.2, -0.15) is 0 Å². The smallest absolute Gasteiger partial charge is 0.0251 e. The zero-order chi connectivity index (χ0) is 14.4. The highest BCUT2D eigenvalue weighted by Crippen LogP contribution is 2.20. The van der Waals surface area contributed by atoms with E-state index in [4.69, 9.17) is 0 Å². The summed E-state index contributed by atoms with van der Waals surface area (Å²) in [5.41, 5.74) is 8.09. The molecule has 0 aromatic heterocycles. The molecule has 0 unspecified atom stereocenters. The molecule has 19 heavy (non-hydrogen) atoms. The lowest BCUT2D eigenvalue weighted by atomic mass is 9.97. The molecule has 0 N–H and O–H groups in total. The van der Waals surface area contributed by atoms with Crippen molar-refractivity contribution in [2.75, 3.05) is 0 Å². The van der Waals surface area contributed by atoms with Crippen molar-refractivity contribution in [3.63, 3.8) is 0 Å². The minimum absolute atomic E-state index is 1.10. The predicted molar refractivity (Wildman–Crippen MR) is 87.4 cm³/mol. The van der Waals surface area contributed by atoms with E-state index in [2.05, 4.69) is 65.5 Å². The van der Waals surface area contributed by atoms with E-state index in [-0.39, 0.29) is 0 Å². The molecule has 0 atom stereocenters. The van der Waals surface area contributed by atoms with E-state index in [1.165, 1.54) is 33.4 Å². The first kappa shape index (κ1) is 15.5. The number of benzene rings is 1. The van der Waals surface area contributed by atoms with Crippen LogP contribution in [0.3, 0.4) is 0 Å². The van der Waals surface area contributed by atoms with Gasteiger partial charge in [-0.1, -0.05) is 50.8 Å². The van der Waals surface area contributed by atoms with Crippen molar-refractivity contribution in [3.8, 4) is 0 Å². The molecule has 0 saturated heterocycles. The normalized spacial score (nSPS) is 13.2. The summed E-state index contributed by atoms with van der Waals surface area (Å²) in [7, 11) is 0. The average Bonchev–Trinajstić information content (AvgIpc) is 2.45. The number of hydrogen-bond donors (Lipinski definition) is 0. The second kappa shape index (κ2) is 7.13. The quantitative estimate of drug-likeness (QED) is 0.588. The van der Waals surface area contributed by atoms with Gasteiger partial charge in [0.05, 0.1) is 0 Å². The molecule has 0 saturated carbocycles. The molecule has 0 spiro atoms. The molecule has 1 aromatic carbocycles. The van der Waals surface area contributed by atoms with Crippen LogP contribution in [0.1, 0.15) is 51.3 Å². The van der Waals surface area contributed by atoms with Crippen LogP contribution in [0.2, 0.25) is 0 Å². The van der Waals surface area contributed by atoms with Crippen molar-refractivity contribution >= 4 is 6.08 Å². The maximum atomic E-state index is 3.84. The van der Waals surface area contributed by atoms with Crippen molar-refractivity contribution < 1.29 is 0 Å². The van der Waals surface area contributed by atoms with Crippen LogP contribution in [-0.2, 0) is 12.8 Å². The van der Waals surface area contributed by atoms with Crippen molar-refractivity contribution in [2.24, 2.45) is 0 Å². The second-order valence-corrected chi connectivity index (χ2v) is 5.07. The molecule has 0 heteroatoms. The summed E-state index contributed by atoms with van der Waals surface area (Å²) in [4.78, 5) is 0. The number of aryl methyl sites for hydroxylation is 2. The minimum Gasteiger partial charge on any atom is -0.0988 e. The van der Waals surface area contributed by atoms with E-state index in [9.17, 15) is 0 Å². The zero-order valence-corrected chi connectivity index (χ0v) is 13.0. The van der Waals surface area contributed by atoms with Gasteiger partial charge in [-0.05, 0) is 67.0 Å². The standard InChI is InChI=1S/C19H26/c1-7-14(4)16(6)15(5)12-17-10-11-18(8-2)19(9-3)13-17/h7,10-13H,1,8-9H2,2-6H3/b15-12-,16-14-. The van der Waals surface area contributed by atoms with Crippen LogP contribution in [-0.4, -0.2) is 0 Å². The van der Waals surface area contributed by atoms with Gasteiger partial charge in [0.1, 0.15) is 0 Å². The Balaban J connectivity index is 3.15. The molecule has 0 bridgehead atoms. The Kier molecular flexibility index (Phi) is 5.82. The van der Waals surface area contributed by atoms with Crippen molar-refractivity contribution in [1.82, 2.24) is 0 Å². The molecule has 0 aliphatic carbocycles. The van der Waals surface area contributed by atoms with Gasteiger partial charge in [-0.15, -0.1) is 0 Å². The monoisotopic (exact) mass is 254 g/mol. The van der Waals surface area contributed by atoms with Crippen molar-refractivity contribution in [1.29, 1.82) is 0 Å². The first-order valence-electron chi connectivity index (χ1n) is 7.13. The van der Waals surface area contributed by atoms with Crippen LogP contribution in [0.15, 0.2) is 47.6 Å². The number of allylic oxidation sites excluding steroid dienone is 4. The maximum Gasteiger partial charge on any atom is -0.0251 e. The topological polar surface area (TPSA) is 0 Å². The van der Waals surface area contributed by atoms with E-state index in [1.807, 2.05) is 6.08 Å². The molecule has 102 valence electrons. The Morgan fingerprint density at radius 3 is 2.21 bits per heavy atom. The van der Waals surface area contributed by atoms with E-state index in [0.29, 0.717) is 0 Å². The van der Waals surface area contributed by atoms with Crippen LogP contribution in [0.25, 0.3) is 6.08 Å². The Morgan fingerprint density at radius 1 is 1.05 bits per heavy atom. The van der Waals surface area contributed by atoms with Gasteiger partial charge in [-0.25, -0.2) is 0 Å². The fourth-order valence-corrected chi connectivity index (χ4v) is 2.23. The fraction of sp³-hybridized carbons (Fsp3) is 0.368. The first-order valence-corrected chi connectivity index (χ1v) is 7.13. The third-order valence-corrected chi connectivity index (χ3v) is 3.86. The summed E-state index contributed by atoms with van der Waals surface area (Å²) in [6.07, 6.45) is 6.40. The highest BCUT2D eigenvalue weighted by molar-refractivity contribution is 5.60. The Morgan fingerprint density at radius 2 is 1.68 bits per heavy atom. The summed E-state index contributed by atoms with van der Waals surface area (Å²) in [5, 5.41) is 0. The highest BCUT2D eigenvalue weighted by atomic mass is 14.1. The Hall–Kier alpha value is -1.56. The maximum absolute atomic E-state index is 3.84. The molecular formula is C19H26. The molecular weight excluding hydrogens is 228 g/mol. The Labute approximate surface area is 118 Å². The van der Waals surface area contributed by atoms with Crippen LogP contribution >= 0.6 is 0 Å². The SMILES string of the molecule is C=C/C(C)=C(C)\C(C)=C/c1ccc(CC)c(CC)c1. The summed E-state index contributed by atoms with van der Waals surface area (Å²) in [6.45, 7) is 14.7. The van der Waals surface area contributed by atoms with Gasteiger partial charge >= 0.3 is 0 Å². The molecule has 0 amide bonds. The zero-order valence-electron chi connectivity index (χ0n) is 13.0. The summed E-state index contributed by atoms with van der Waals surface area (Å²) < 4.78 is 0. The summed E-state index contributed by atoms with van der Waals surface area (Å²) in [5.74, 6) is 0. The molecule has 1 rings (SSSR count). The molecule has 0 fully saturated rings. The van der Waals surface area contributed by atoms with E-state index in [0.717, 1.165) is 12.8 Å². The molecule has 1 aromatic rings. The van der Waals surface area contributed by atoms with E-state index >= 15 is 0 Å². The van der Waals surface area contributed by atoms with Gasteiger partial charge in [-0.3, -0.25) is 0 Å². The van der Waals surface area contributed by atoms with Crippen LogP contribution in [0.4, 0.5) is 0 Å². The molecule has 0 aliphatic heterocycles. The first-order chi connectivity index (χ1) is 9.03. The van der Waals surface area contributed by atoms with Gasteiger partial charge in [0.15, 0.2) is 0 Å². The molecule has 0 aliphatic rings. The van der Waals surface area contributed by atoms with Gasteiger partial charge < -0.3 is 0 Å². The third kappa shape index (κ3) is 3.96. The lowest BCUT2D eigenvalue weighted by Gasteiger charge is -2.09. The lowest BCUT2D eigenvalue weighted by Crippen LogP contribution is -1.92. The van der Waals surface area contributed by atoms with Crippen LogP contribution in [0, 0.1) is 0 Å². The molecule has 0 radical (unpaired) electrons. The summed E-state index contributed by atoms with van der Waals surface area (Å²) >= 11 is 0.